The van der Waals surface area contributed by atoms with Crippen LogP contribution in [0.2, 0.25) is 0 Å². The molecule has 4 nitrogen and oxygen atoms in total. The maximum atomic E-state index is 13.1. The average Bonchev–Trinajstić information content (AvgIpc) is 2.53. The number of nitrogens with two attached hydrogens (primary N) is 1. The standard InChI is InChI=1S/C8H7FN4/c9-5-2-1-3-11-8(5)6-4-7(10)13-12-6/h1-4H,(H3,10,12,13). The summed E-state index contributed by atoms with van der Waals surface area (Å²) in [5.41, 5.74) is 6.08. The molecule has 2 aromatic heterocycles. The molecule has 0 atom stereocenters. The number of nitrogens with zero attached hydrogens (tertiary/aromatic N) is 2. The van der Waals surface area contributed by atoms with Crippen LogP contribution < -0.4 is 5.73 Å². The van der Waals surface area contributed by atoms with Crippen LogP contribution in [0.25, 0.3) is 11.4 Å². The molecule has 0 unspecified atom stereocenters. The fourth-order valence-electron chi connectivity index (χ4n) is 1.04. The fraction of sp³-hybridized carbons (Fsp3) is 0. The topological polar surface area (TPSA) is 67.6 Å². The van der Waals surface area contributed by atoms with Crippen LogP contribution in [-0.2, 0) is 0 Å². The number of hydrogen-bond acceptors (Lipinski definition) is 3. The van der Waals surface area contributed by atoms with Gasteiger partial charge >= 0.3 is 0 Å². The highest BCUT2D eigenvalue weighted by Crippen LogP contribution is 2.18. The summed E-state index contributed by atoms with van der Waals surface area (Å²) in [6.07, 6.45) is 1.51. The molecule has 0 amide bonds. The summed E-state index contributed by atoms with van der Waals surface area (Å²) in [6.45, 7) is 0. The van der Waals surface area contributed by atoms with Crippen molar-refractivity contribution in [3.05, 3.63) is 30.2 Å². The lowest BCUT2D eigenvalue weighted by Gasteiger charge is -1.95. The van der Waals surface area contributed by atoms with E-state index in [0.29, 0.717) is 11.5 Å². The summed E-state index contributed by atoms with van der Waals surface area (Å²) in [5, 5.41) is 6.27. The van der Waals surface area contributed by atoms with Crippen molar-refractivity contribution in [1.82, 2.24) is 15.2 Å². The number of rotatable bonds is 1. The Morgan fingerprint density at radius 3 is 2.92 bits per heavy atom. The van der Waals surface area contributed by atoms with Crippen LogP contribution in [0.5, 0.6) is 0 Å². The quantitative estimate of drug-likeness (QED) is 0.689. The number of nitrogen functional groups attached to an aromatic ring is 1. The van der Waals surface area contributed by atoms with Gasteiger partial charge in [-0.1, -0.05) is 0 Å². The minimum atomic E-state index is -0.397. The molecule has 0 spiro atoms. The lowest BCUT2D eigenvalue weighted by Crippen LogP contribution is -1.87. The highest BCUT2D eigenvalue weighted by Gasteiger charge is 2.07. The van der Waals surface area contributed by atoms with Gasteiger partial charge < -0.3 is 5.73 Å². The zero-order valence-corrected chi connectivity index (χ0v) is 6.66. The average molecular weight is 178 g/mol. The summed E-state index contributed by atoms with van der Waals surface area (Å²) < 4.78 is 13.1. The van der Waals surface area contributed by atoms with Gasteiger partial charge in [0.15, 0.2) is 5.82 Å². The minimum Gasteiger partial charge on any atom is -0.382 e. The molecule has 0 radical (unpaired) electrons. The Balaban J connectivity index is 2.52. The van der Waals surface area contributed by atoms with E-state index in [4.69, 9.17) is 5.73 Å². The molecule has 0 bridgehead atoms. The number of aromatic amines is 1. The van der Waals surface area contributed by atoms with Crippen molar-refractivity contribution in [2.75, 3.05) is 5.73 Å². The zero-order valence-electron chi connectivity index (χ0n) is 6.66. The third kappa shape index (κ3) is 1.35. The van der Waals surface area contributed by atoms with Gasteiger partial charge in [-0.05, 0) is 12.1 Å². The number of pyridine rings is 1. The largest absolute Gasteiger partial charge is 0.382 e. The van der Waals surface area contributed by atoms with Gasteiger partial charge in [-0.3, -0.25) is 10.1 Å². The molecule has 0 fully saturated rings. The smallest absolute Gasteiger partial charge is 0.151 e. The van der Waals surface area contributed by atoms with E-state index in [1.165, 1.54) is 24.4 Å². The molecule has 0 saturated carbocycles. The second kappa shape index (κ2) is 2.85. The summed E-state index contributed by atoms with van der Waals surface area (Å²) in [6, 6.07) is 4.39. The van der Waals surface area contributed by atoms with E-state index in [2.05, 4.69) is 15.2 Å². The molecule has 2 rings (SSSR count). The van der Waals surface area contributed by atoms with Crippen molar-refractivity contribution >= 4 is 5.82 Å². The molecule has 2 aromatic rings. The van der Waals surface area contributed by atoms with Crippen molar-refractivity contribution in [3.63, 3.8) is 0 Å². The van der Waals surface area contributed by atoms with E-state index in [0.717, 1.165) is 0 Å². The van der Waals surface area contributed by atoms with Crippen molar-refractivity contribution in [2.24, 2.45) is 0 Å². The van der Waals surface area contributed by atoms with Crippen molar-refractivity contribution < 1.29 is 4.39 Å². The molecule has 5 heteroatoms. The van der Waals surface area contributed by atoms with Crippen LogP contribution in [0.3, 0.4) is 0 Å². The van der Waals surface area contributed by atoms with E-state index in [1.54, 1.807) is 0 Å². The second-order valence-electron chi connectivity index (χ2n) is 2.54. The van der Waals surface area contributed by atoms with Crippen LogP contribution in [0.4, 0.5) is 10.2 Å². The minimum absolute atomic E-state index is 0.228. The Hall–Kier alpha value is -1.91. The third-order valence-corrected chi connectivity index (χ3v) is 1.61. The number of halogens is 1. The number of nitrogens with one attached hydrogen (secondary N) is 1. The number of aromatic nitrogens is 3. The van der Waals surface area contributed by atoms with E-state index >= 15 is 0 Å². The van der Waals surface area contributed by atoms with Gasteiger partial charge in [-0.15, -0.1) is 0 Å². The van der Waals surface area contributed by atoms with Gasteiger partial charge in [0.25, 0.3) is 0 Å². The van der Waals surface area contributed by atoms with Gasteiger partial charge in [0, 0.05) is 12.3 Å². The predicted molar refractivity (Wildman–Crippen MR) is 46.2 cm³/mol. The lowest BCUT2D eigenvalue weighted by molar-refractivity contribution is 0.625. The molecular formula is C8H7FN4. The van der Waals surface area contributed by atoms with Crippen LogP contribution >= 0.6 is 0 Å². The molecule has 0 aliphatic rings. The Morgan fingerprint density at radius 1 is 1.46 bits per heavy atom. The first kappa shape index (κ1) is 7.72. The number of anilines is 1. The first-order chi connectivity index (χ1) is 6.27. The van der Waals surface area contributed by atoms with Crippen LogP contribution in [0, 0.1) is 5.82 Å². The molecule has 0 saturated heterocycles. The Kier molecular flexibility index (Phi) is 1.70. The van der Waals surface area contributed by atoms with Crippen LogP contribution in [0.15, 0.2) is 24.4 Å². The number of hydrogen-bond donors (Lipinski definition) is 2. The Labute approximate surface area is 73.6 Å². The fourth-order valence-corrected chi connectivity index (χ4v) is 1.04. The summed E-state index contributed by atoms with van der Waals surface area (Å²) in [5.74, 6) is -0.0776. The Morgan fingerprint density at radius 2 is 2.31 bits per heavy atom. The molecule has 3 N–H and O–H groups in total. The molecular weight excluding hydrogens is 171 g/mol. The summed E-state index contributed by atoms with van der Waals surface area (Å²) >= 11 is 0. The molecule has 13 heavy (non-hydrogen) atoms. The zero-order chi connectivity index (χ0) is 9.26. The lowest BCUT2D eigenvalue weighted by atomic mass is 10.2. The SMILES string of the molecule is Nc1cc(-c2ncccc2F)[nH]n1. The van der Waals surface area contributed by atoms with E-state index in [9.17, 15) is 4.39 Å². The molecule has 66 valence electrons. The van der Waals surface area contributed by atoms with Crippen molar-refractivity contribution in [3.8, 4) is 11.4 Å². The van der Waals surface area contributed by atoms with Crippen LogP contribution in [0.1, 0.15) is 0 Å². The normalized spacial score (nSPS) is 10.2. The number of H-pyrrole nitrogens is 1. The van der Waals surface area contributed by atoms with Crippen molar-refractivity contribution in [1.29, 1.82) is 0 Å². The molecule has 0 aromatic carbocycles. The van der Waals surface area contributed by atoms with Gasteiger partial charge in [0.05, 0.1) is 5.69 Å². The monoisotopic (exact) mass is 178 g/mol. The van der Waals surface area contributed by atoms with E-state index in [-0.39, 0.29) is 5.69 Å². The van der Waals surface area contributed by atoms with Gasteiger partial charge in [-0.2, -0.15) is 5.10 Å². The van der Waals surface area contributed by atoms with Gasteiger partial charge in [0.1, 0.15) is 11.5 Å². The highest BCUT2D eigenvalue weighted by atomic mass is 19.1. The van der Waals surface area contributed by atoms with Gasteiger partial charge in [-0.25, -0.2) is 4.39 Å². The van der Waals surface area contributed by atoms with Crippen molar-refractivity contribution in [2.45, 2.75) is 0 Å². The Bertz CT molecular complexity index is 424. The van der Waals surface area contributed by atoms with Gasteiger partial charge in [0.2, 0.25) is 0 Å². The van der Waals surface area contributed by atoms with E-state index in [1.807, 2.05) is 0 Å². The summed E-state index contributed by atoms with van der Waals surface area (Å²) in [4.78, 5) is 3.86. The molecule has 2 heterocycles. The molecule has 0 aliphatic carbocycles. The van der Waals surface area contributed by atoms with E-state index < -0.39 is 5.82 Å². The highest BCUT2D eigenvalue weighted by molar-refractivity contribution is 5.57. The predicted octanol–water partition coefficient (Wildman–Crippen LogP) is 1.19. The maximum Gasteiger partial charge on any atom is 0.151 e. The third-order valence-electron chi connectivity index (χ3n) is 1.61. The second-order valence-corrected chi connectivity index (χ2v) is 2.54. The summed E-state index contributed by atoms with van der Waals surface area (Å²) in [7, 11) is 0. The first-order valence-electron chi connectivity index (χ1n) is 3.69. The molecule has 0 aliphatic heterocycles. The maximum absolute atomic E-state index is 13.1. The first-order valence-corrected chi connectivity index (χ1v) is 3.69. The van der Waals surface area contributed by atoms with Crippen LogP contribution in [-0.4, -0.2) is 15.2 Å².